The quantitative estimate of drug-likeness (QED) is 0.504. The lowest BCUT2D eigenvalue weighted by Crippen LogP contribution is -2.14. The Morgan fingerprint density at radius 2 is 1.65 bits per heavy atom. The van der Waals surface area contributed by atoms with Crippen LogP contribution < -0.4 is 19.5 Å². The van der Waals surface area contributed by atoms with Crippen molar-refractivity contribution in [2.24, 2.45) is 0 Å². The molecule has 162 valence electrons. The van der Waals surface area contributed by atoms with Gasteiger partial charge in [0.2, 0.25) is 5.91 Å². The van der Waals surface area contributed by atoms with Crippen molar-refractivity contribution in [3.8, 4) is 17.2 Å². The number of anilines is 2. The molecule has 0 saturated heterocycles. The molecule has 2 N–H and O–H groups in total. The predicted molar refractivity (Wildman–Crippen MR) is 121 cm³/mol. The van der Waals surface area contributed by atoms with Gasteiger partial charge in [0.15, 0.2) is 5.75 Å². The zero-order valence-electron chi connectivity index (χ0n) is 17.1. The third-order valence-electron chi connectivity index (χ3n) is 4.23. The van der Waals surface area contributed by atoms with E-state index in [-0.39, 0.29) is 22.2 Å². The molecule has 0 saturated carbocycles. The normalized spacial score (nSPS) is 11.0. The molecule has 0 heterocycles. The van der Waals surface area contributed by atoms with Crippen molar-refractivity contribution in [2.75, 3.05) is 17.1 Å². The molecule has 3 aromatic carbocycles. The molecule has 0 bridgehead atoms. The van der Waals surface area contributed by atoms with Crippen LogP contribution in [-0.2, 0) is 14.8 Å². The number of nitrogens with one attached hydrogen (secondary N) is 2. The fourth-order valence-electron chi connectivity index (χ4n) is 2.74. The number of methoxy groups -OCH3 is 1. The van der Waals surface area contributed by atoms with Crippen molar-refractivity contribution in [1.82, 2.24) is 0 Å². The van der Waals surface area contributed by atoms with Gasteiger partial charge in [0.05, 0.1) is 23.4 Å². The first-order valence-electron chi connectivity index (χ1n) is 9.20. The lowest BCUT2D eigenvalue weighted by Gasteiger charge is -2.15. The highest BCUT2D eigenvalue weighted by molar-refractivity contribution is 7.92. The van der Waals surface area contributed by atoms with E-state index in [4.69, 9.17) is 21.1 Å². The fraction of sp³-hybridized carbons (Fsp3) is 0.136. The summed E-state index contributed by atoms with van der Waals surface area (Å²) in [5.74, 6) is 0.748. The maximum atomic E-state index is 13.0. The van der Waals surface area contributed by atoms with Gasteiger partial charge in [0.25, 0.3) is 10.0 Å². The molecule has 7 nitrogen and oxygen atoms in total. The number of amides is 1. The topological polar surface area (TPSA) is 93.7 Å². The smallest absolute Gasteiger partial charge is 0.262 e. The second-order valence-electron chi connectivity index (χ2n) is 6.70. The van der Waals surface area contributed by atoms with Crippen molar-refractivity contribution in [2.45, 2.75) is 18.7 Å². The third-order valence-corrected chi connectivity index (χ3v) is 5.83. The number of hydrogen-bond acceptors (Lipinski definition) is 5. The van der Waals surface area contributed by atoms with Gasteiger partial charge < -0.3 is 14.8 Å². The van der Waals surface area contributed by atoms with Crippen molar-refractivity contribution in [1.29, 1.82) is 0 Å². The minimum absolute atomic E-state index is 0.0558. The highest BCUT2D eigenvalue weighted by atomic mass is 35.5. The van der Waals surface area contributed by atoms with E-state index < -0.39 is 10.0 Å². The number of aryl methyl sites for hydroxylation is 1. The largest absolute Gasteiger partial charge is 0.495 e. The maximum absolute atomic E-state index is 13.0. The Hall–Kier alpha value is -3.23. The Kier molecular flexibility index (Phi) is 6.72. The molecule has 0 aliphatic carbocycles. The monoisotopic (exact) mass is 460 g/mol. The second kappa shape index (κ2) is 9.28. The van der Waals surface area contributed by atoms with Crippen LogP contribution in [0.1, 0.15) is 12.5 Å². The molecule has 9 heteroatoms. The van der Waals surface area contributed by atoms with Crippen LogP contribution in [0.2, 0.25) is 5.02 Å². The number of carbonyl (C=O) groups is 1. The van der Waals surface area contributed by atoms with E-state index in [1.807, 2.05) is 19.1 Å². The predicted octanol–water partition coefficient (Wildman–Crippen LogP) is 5.21. The van der Waals surface area contributed by atoms with Crippen LogP contribution >= 0.6 is 11.6 Å². The molecule has 0 aromatic heterocycles. The van der Waals surface area contributed by atoms with Crippen molar-refractivity contribution >= 4 is 38.9 Å². The van der Waals surface area contributed by atoms with Gasteiger partial charge >= 0.3 is 0 Å². The summed E-state index contributed by atoms with van der Waals surface area (Å²) < 4.78 is 39.6. The average Bonchev–Trinajstić information content (AvgIpc) is 2.71. The van der Waals surface area contributed by atoms with E-state index in [2.05, 4.69) is 10.0 Å². The highest BCUT2D eigenvalue weighted by Crippen LogP contribution is 2.35. The first kappa shape index (κ1) is 22.5. The van der Waals surface area contributed by atoms with Crippen LogP contribution in [0.4, 0.5) is 11.4 Å². The summed E-state index contributed by atoms with van der Waals surface area (Å²) in [7, 11) is -2.63. The fourth-order valence-corrected chi connectivity index (χ4v) is 3.99. The van der Waals surface area contributed by atoms with Crippen LogP contribution in [0.25, 0.3) is 0 Å². The van der Waals surface area contributed by atoms with E-state index in [1.54, 1.807) is 24.3 Å². The van der Waals surface area contributed by atoms with Gasteiger partial charge in [-0.15, -0.1) is 0 Å². The van der Waals surface area contributed by atoms with Crippen LogP contribution in [-0.4, -0.2) is 21.4 Å². The number of sulfonamides is 1. The molecule has 0 spiro atoms. The molecule has 3 aromatic rings. The number of rotatable bonds is 7. The lowest BCUT2D eigenvalue weighted by molar-refractivity contribution is -0.114. The Morgan fingerprint density at radius 1 is 0.935 bits per heavy atom. The van der Waals surface area contributed by atoms with Crippen molar-refractivity contribution < 1.29 is 22.7 Å². The summed E-state index contributed by atoms with van der Waals surface area (Å²) in [4.78, 5) is 11.3. The molecule has 0 radical (unpaired) electrons. The van der Waals surface area contributed by atoms with Crippen molar-refractivity contribution in [3.63, 3.8) is 0 Å². The zero-order valence-corrected chi connectivity index (χ0v) is 18.7. The molecule has 0 atom stereocenters. The van der Waals surface area contributed by atoms with E-state index in [0.717, 1.165) is 5.56 Å². The first-order valence-corrected chi connectivity index (χ1v) is 11.1. The summed E-state index contributed by atoms with van der Waals surface area (Å²) in [5.41, 5.74) is 1.61. The van der Waals surface area contributed by atoms with Gasteiger partial charge in [-0.25, -0.2) is 8.42 Å². The number of benzene rings is 3. The average molecular weight is 461 g/mol. The molecular formula is C22H21ClN2O5S. The Morgan fingerprint density at radius 3 is 2.29 bits per heavy atom. The summed E-state index contributed by atoms with van der Waals surface area (Å²) in [6.45, 7) is 3.30. The molecule has 3 rings (SSSR count). The van der Waals surface area contributed by atoms with Gasteiger partial charge in [-0.2, -0.15) is 0 Å². The van der Waals surface area contributed by atoms with Gasteiger partial charge in [-0.1, -0.05) is 29.3 Å². The highest BCUT2D eigenvalue weighted by Gasteiger charge is 2.20. The zero-order chi connectivity index (χ0) is 22.6. The molecular weight excluding hydrogens is 440 g/mol. The van der Waals surface area contributed by atoms with E-state index in [1.165, 1.54) is 38.3 Å². The summed E-state index contributed by atoms with van der Waals surface area (Å²) in [6, 6.07) is 16.1. The second-order valence-corrected chi connectivity index (χ2v) is 8.82. The molecule has 0 aliphatic rings. The number of halogens is 1. The van der Waals surface area contributed by atoms with Gasteiger partial charge in [-0.3, -0.25) is 9.52 Å². The summed E-state index contributed by atoms with van der Waals surface area (Å²) in [5, 5.41) is 2.92. The molecule has 0 fully saturated rings. The standard InChI is InChI=1S/C22H21ClN2O5S/c1-14-4-7-17(8-5-14)30-21-11-6-16(23)12-20(21)25-31(27,28)18-9-10-19(24-15(2)26)22(13-18)29-3/h4-13,25H,1-3H3,(H,24,26). The SMILES string of the molecule is COc1cc(S(=O)(=O)Nc2cc(Cl)ccc2Oc2ccc(C)cc2)ccc1NC(C)=O. The lowest BCUT2D eigenvalue weighted by atomic mass is 10.2. The van der Waals surface area contributed by atoms with Gasteiger partial charge in [0, 0.05) is 18.0 Å². The van der Waals surface area contributed by atoms with Crippen LogP contribution in [0.5, 0.6) is 17.2 Å². The Labute approximate surface area is 186 Å². The first-order chi connectivity index (χ1) is 14.7. The summed E-state index contributed by atoms with van der Waals surface area (Å²) in [6.07, 6.45) is 0. The maximum Gasteiger partial charge on any atom is 0.262 e. The number of hydrogen-bond donors (Lipinski definition) is 2. The minimum atomic E-state index is -4.01. The Bertz CT molecular complexity index is 1210. The van der Waals surface area contributed by atoms with Crippen LogP contribution in [0, 0.1) is 6.92 Å². The van der Waals surface area contributed by atoms with Gasteiger partial charge in [-0.05, 0) is 49.4 Å². The molecule has 31 heavy (non-hydrogen) atoms. The molecule has 0 unspecified atom stereocenters. The molecule has 0 aliphatic heterocycles. The minimum Gasteiger partial charge on any atom is -0.495 e. The summed E-state index contributed by atoms with van der Waals surface area (Å²) >= 11 is 6.08. The van der Waals surface area contributed by atoms with Crippen LogP contribution in [0.3, 0.4) is 0 Å². The van der Waals surface area contributed by atoms with Gasteiger partial charge in [0.1, 0.15) is 11.5 Å². The van der Waals surface area contributed by atoms with Crippen molar-refractivity contribution in [3.05, 3.63) is 71.2 Å². The third kappa shape index (κ3) is 5.68. The number of carbonyl (C=O) groups excluding carboxylic acids is 1. The van der Waals surface area contributed by atoms with E-state index >= 15 is 0 Å². The van der Waals surface area contributed by atoms with Crippen LogP contribution in [0.15, 0.2) is 65.6 Å². The number of ether oxygens (including phenoxy) is 2. The molecule has 1 amide bonds. The Balaban J connectivity index is 1.93. The van der Waals surface area contributed by atoms with E-state index in [0.29, 0.717) is 22.2 Å². The van der Waals surface area contributed by atoms with E-state index in [9.17, 15) is 13.2 Å².